The lowest BCUT2D eigenvalue weighted by Crippen LogP contribution is -2.42. The first-order valence-electron chi connectivity index (χ1n) is 7.22. The van der Waals surface area contributed by atoms with Crippen LogP contribution in [0.5, 0.6) is 0 Å². The number of hydrogen-bond acceptors (Lipinski definition) is 6. The smallest absolute Gasteiger partial charge is 0.338 e. The highest BCUT2D eigenvalue weighted by atomic mass is 32.2. The molecule has 7 nitrogen and oxygen atoms in total. The second-order valence-electron chi connectivity index (χ2n) is 5.51. The number of carbonyl (C=O) groups excluding carboxylic acids is 2. The molecule has 0 unspecified atom stereocenters. The zero-order valence-corrected chi connectivity index (χ0v) is 13.5. The van der Waals surface area contributed by atoms with E-state index >= 15 is 0 Å². The van der Waals surface area contributed by atoms with Crippen molar-refractivity contribution >= 4 is 21.7 Å². The molecule has 0 saturated carbocycles. The molecule has 1 aromatic rings. The first-order valence-corrected chi connectivity index (χ1v) is 9.04. The minimum Gasteiger partial charge on any atom is -0.449 e. The SMILES string of the molecule is C[C@@H](OC(=O)c1ccc(CO)cc1)C(=O)N[C@H]1CCS(=O)(=O)C1. The van der Waals surface area contributed by atoms with E-state index in [1.165, 1.54) is 19.1 Å². The van der Waals surface area contributed by atoms with Crippen molar-refractivity contribution in [2.45, 2.75) is 32.1 Å². The Kier molecular flexibility index (Phi) is 5.38. The van der Waals surface area contributed by atoms with Gasteiger partial charge in [0.2, 0.25) is 0 Å². The number of rotatable bonds is 5. The maximum Gasteiger partial charge on any atom is 0.338 e. The molecule has 1 aliphatic heterocycles. The van der Waals surface area contributed by atoms with Crippen molar-refractivity contribution in [2.75, 3.05) is 11.5 Å². The molecule has 2 atom stereocenters. The Morgan fingerprint density at radius 1 is 1.35 bits per heavy atom. The van der Waals surface area contributed by atoms with Gasteiger partial charge in [-0.2, -0.15) is 0 Å². The van der Waals surface area contributed by atoms with Crippen molar-refractivity contribution in [3.8, 4) is 0 Å². The molecule has 0 aliphatic carbocycles. The topological polar surface area (TPSA) is 110 Å². The fourth-order valence-electron chi connectivity index (χ4n) is 2.26. The zero-order valence-electron chi connectivity index (χ0n) is 12.7. The van der Waals surface area contributed by atoms with Crippen molar-refractivity contribution in [2.24, 2.45) is 0 Å². The highest BCUT2D eigenvalue weighted by Crippen LogP contribution is 2.12. The first-order chi connectivity index (χ1) is 10.8. The zero-order chi connectivity index (χ0) is 17.0. The highest BCUT2D eigenvalue weighted by Gasteiger charge is 2.30. The molecule has 1 amide bonds. The third kappa shape index (κ3) is 4.77. The number of benzene rings is 1. The molecule has 0 bridgehead atoms. The van der Waals surface area contributed by atoms with Gasteiger partial charge >= 0.3 is 5.97 Å². The maximum atomic E-state index is 12.0. The first kappa shape index (κ1) is 17.4. The van der Waals surface area contributed by atoms with Crippen LogP contribution < -0.4 is 5.32 Å². The molecule has 0 radical (unpaired) electrons. The highest BCUT2D eigenvalue weighted by molar-refractivity contribution is 7.91. The van der Waals surface area contributed by atoms with E-state index in [4.69, 9.17) is 9.84 Å². The van der Waals surface area contributed by atoms with E-state index in [9.17, 15) is 18.0 Å². The van der Waals surface area contributed by atoms with E-state index in [2.05, 4.69) is 5.32 Å². The number of nitrogens with one attached hydrogen (secondary N) is 1. The normalized spacial score (nSPS) is 20.7. The Bertz CT molecular complexity index is 682. The fraction of sp³-hybridized carbons (Fsp3) is 0.467. The number of carbonyl (C=O) groups is 2. The van der Waals surface area contributed by atoms with Gasteiger partial charge in [-0.05, 0) is 31.0 Å². The summed E-state index contributed by atoms with van der Waals surface area (Å²) in [5.74, 6) is -1.20. The number of amides is 1. The summed E-state index contributed by atoms with van der Waals surface area (Å²) in [6, 6.07) is 5.75. The summed E-state index contributed by atoms with van der Waals surface area (Å²) in [5.41, 5.74) is 0.931. The van der Waals surface area contributed by atoms with Gasteiger partial charge in [-0.25, -0.2) is 13.2 Å². The van der Waals surface area contributed by atoms with Crippen LogP contribution in [0.3, 0.4) is 0 Å². The van der Waals surface area contributed by atoms with Gasteiger partial charge in [0, 0.05) is 6.04 Å². The van der Waals surface area contributed by atoms with Crippen LogP contribution in [0.4, 0.5) is 0 Å². The van der Waals surface area contributed by atoms with Crippen molar-refractivity contribution in [1.29, 1.82) is 0 Å². The number of hydrogen-bond donors (Lipinski definition) is 2. The Morgan fingerprint density at radius 2 is 2.00 bits per heavy atom. The van der Waals surface area contributed by atoms with Gasteiger partial charge in [0.15, 0.2) is 15.9 Å². The van der Waals surface area contributed by atoms with Crippen LogP contribution in [0.15, 0.2) is 24.3 Å². The Labute approximate surface area is 134 Å². The summed E-state index contributed by atoms with van der Waals surface area (Å²) in [6.07, 6.45) is -0.652. The lowest BCUT2D eigenvalue weighted by Gasteiger charge is -2.16. The van der Waals surface area contributed by atoms with Crippen LogP contribution in [0.25, 0.3) is 0 Å². The predicted octanol–water partition coefficient (Wildman–Crippen LogP) is 0.0275. The summed E-state index contributed by atoms with van der Waals surface area (Å²) in [5, 5.41) is 11.5. The van der Waals surface area contributed by atoms with Gasteiger partial charge in [-0.1, -0.05) is 12.1 Å². The second kappa shape index (κ2) is 7.10. The molecule has 1 aliphatic rings. The molecule has 2 N–H and O–H groups in total. The van der Waals surface area contributed by atoms with Crippen LogP contribution in [0.2, 0.25) is 0 Å². The molecule has 1 heterocycles. The van der Waals surface area contributed by atoms with Crippen molar-refractivity contribution in [3.05, 3.63) is 35.4 Å². The molecular weight excluding hydrogens is 322 g/mol. The van der Waals surface area contributed by atoms with E-state index in [1.54, 1.807) is 12.1 Å². The molecule has 0 spiro atoms. The molecule has 0 aromatic heterocycles. The molecule has 23 heavy (non-hydrogen) atoms. The van der Waals surface area contributed by atoms with Gasteiger partial charge in [-0.15, -0.1) is 0 Å². The minimum absolute atomic E-state index is 0.0589. The largest absolute Gasteiger partial charge is 0.449 e. The van der Waals surface area contributed by atoms with E-state index in [0.29, 0.717) is 12.0 Å². The average molecular weight is 341 g/mol. The molecular formula is C15H19NO6S. The van der Waals surface area contributed by atoms with Crippen molar-refractivity contribution < 1.29 is 27.9 Å². The number of ether oxygens (including phenoxy) is 1. The van der Waals surface area contributed by atoms with Gasteiger partial charge in [0.25, 0.3) is 5.91 Å². The Balaban J connectivity index is 1.88. The summed E-state index contributed by atoms with van der Waals surface area (Å²) in [7, 11) is -3.08. The summed E-state index contributed by atoms with van der Waals surface area (Å²) in [4.78, 5) is 23.9. The van der Waals surface area contributed by atoms with Gasteiger partial charge in [0.1, 0.15) is 0 Å². The quantitative estimate of drug-likeness (QED) is 0.731. The molecule has 1 aromatic carbocycles. The van der Waals surface area contributed by atoms with Gasteiger partial charge in [0.05, 0.1) is 23.7 Å². The van der Waals surface area contributed by atoms with Crippen LogP contribution in [0, 0.1) is 0 Å². The molecule has 1 saturated heterocycles. The number of sulfone groups is 1. The number of aliphatic hydroxyl groups is 1. The molecule has 1 fully saturated rings. The average Bonchev–Trinajstić information content (AvgIpc) is 2.86. The summed E-state index contributed by atoms with van der Waals surface area (Å²) in [6.45, 7) is 1.30. The lowest BCUT2D eigenvalue weighted by molar-refractivity contribution is -0.129. The monoisotopic (exact) mass is 341 g/mol. The molecule has 126 valence electrons. The van der Waals surface area contributed by atoms with Crippen LogP contribution >= 0.6 is 0 Å². The van der Waals surface area contributed by atoms with Crippen molar-refractivity contribution in [1.82, 2.24) is 5.32 Å². The van der Waals surface area contributed by atoms with Crippen LogP contribution in [-0.4, -0.2) is 49.1 Å². The lowest BCUT2D eigenvalue weighted by atomic mass is 10.1. The predicted molar refractivity (Wildman–Crippen MR) is 82.4 cm³/mol. The van der Waals surface area contributed by atoms with Crippen molar-refractivity contribution in [3.63, 3.8) is 0 Å². The summed E-state index contributed by atoms with van der Waals surface area (Å²) >= 11 is 0. The third-order valence-corrected chi connectivity index (χ3v) is 5.37. The maximum absolute atomic E-state index is 12.0. The van der Waals surface area contributed by atoms with Crippen LogP contribution in [-0.2, 0) is 26.0 Å². The second-order valence-corrected chi connectivity index (χ2v) is 7.74. The van der Waals surface area contributed by atoms with E-state index in [-0.39, 0.29) is 23.7 Å². The summed E-state index contributed by atoms with van der Waals surface area (Å²) < 4.78 is 27.8. The van der Waals surface area contributed by atoms with Crippen LogP contribution in [0.1, 0.15) is 29.3 Å². The van der Waals surface area contributed by atoms with Gasteiger partial charge in [-0.3, -0.25) is 4.79 Å². The molecule has 8 heteroatoms. The Morgan fingerprint density at radius 3 is 2.52 bits per heavy atom. The Hall–Kier alpha value is -1.93. The minimum atomic E-state index is -3.08. The third-order valence-electron chi connectivity index (χ3n) is 3.60. The number of esters is 1. The van der Waals surface area contributed by atoms with E-state index < -0.39 is 33.9 Å². The number of aliphatic hydroxyl groups excluding tert-OH is 1. The van der Waals surface area contributed by atoms with E-state index in [0.717, 1.165) is 0 Å². The molecule has 2 rings (SSSR count). The standard InChI is InChI=1S/C15H19NO6S/c1-10(14(18)16-13-6-7-23(20,21)9-13)22-15(19)12-4-2-11(8-17)3-5-12/h2-5,10,13,17H,6-9H2,1H3,(H,16,18)/t10-,13+/m1/s1. The van der Waals surface area contributed by atoms with E-state index in [1.807, 2.05) is 0 Å². The van der Waals surface area contributed by atoms with Gasteiger partial charge < -0.3 is 15.2 Å². The fourth-order valence-corrected chi connectivity index (χ4v) is 3.93.